The van der Waals surface area contributed by atoms with Gasteiger partial charge in [0.05, 0.1) is 12.6 Å². The molecule has 0 heterocycles. The third-order valence-corrected chi connectivity index (χ3v) is 2.19. The second-order valence-corrected chi connectivity index (χ2v) is 4.15. The first-order valence-electron chi connectivity index (χ1n) is 5.41. The number of aliphatic imine (C=N–C) groups is 1. The first-order chi connectivity index (χ1) is 7.22. The zero-order valence-electron chi connectivity index (χ0n) is 9.43. The molecule has 0 aliphatic rings. The lowest BCUT2D eigenvalue weighted by molar-refractivity contribution is 0.251. The van der Waals surface area contributed by atoms with E-state index in [2.05, 4.69) is 18.8 Å². The van der Waals surface area contributed by atoms with E-state index in [1.165, 1.54) is 0 Å². The molecule has 2 heteroatoms. The van der Waals surface area contributed by atoms with Crippen LogP contribution in [-0.2, 0) is 0 Å². The van der Waals surface area contributed by atoms with Crippen LogP contribution >= 0.6 is 0 Å². The Balaban J connectivity index is 2.55. The lowest BCUT2D eigenvalue weighted by atomic mass is 10.1. The summed E-state index contributed by atoms with van der Waals surface area (Å²) < 4.78 is 0. The highest BCUT2D eigenvalue weighted by molar-refractivity contribution is 5.79. The summed E-state index contributed by atoms with van der Waals surface area (Å²) in [5, 5.41) is 9.14. The van der Waals surface area contributed by atoms with Crippen molar-refractivity contribution in [2.45, 2.75) is 26.3 Å². The fourth-order valence-corrected chi connectivity index (χ4v) is 1.46. The minimum absolute atomic E-state index is 0.0326. The fourth-order valence-electron chi connectivity index (χ4n) is 1.46. The van der Waals surface area contributed by atoms with Crippen molar-refractivity contribution in [3.05, 3.63) is 35.9 Å². The van der Waals surface area contributed by atoms with E-state index in [4.69, 9.17) is 5.11 Å². The SMILES string of the molecule is CC(C)C[C@@H](CO)N=Cc1ccccc1. The number of nitrogens with zero attached hydrogens (tertiary/aromatic N) is 1. The van der Waals surface area contributed by atoms with Gasteiger partial charge in [-0.25, -0.2) is 0 Å². The summed E-state index contributed by atoms with van der Waals surface area (Å²) in [6.07, 6.45) is 2.77. The molecule has 0 aromatic heterocycles. The maximum atomic E-state index is 9.14. The standard InChI is InChI=1S/C13H19NO/c1-11(2)8-13(10-15)14-9-12-6-4-3-5-7-12/h3-7,9,11,13,15H,8,10H2,1-2H3/t13-/m0/s1. The van der Waals surface area contributed by atoms with Gasteiger partial charge in [0.25, 0.3) is 0 Å². The Kier molecular flexibility index (Phi) is 5.05. The van der Waals surface area contributed by atoms with Gasteiger partial charge >= 0.3 is 0 Å². The molecule has 0 fully saturated rings. The van der Waals surface area contributed by atoms with Crippen LogP contribution in [0.3, 0.4) is 0 Å². The zero-order valence-corrected chi connectivity index (χ0v) is 9.43. The number of rotatable bonds is 5. The number of benzene rings is 1. The van der Waals surface area contributed by atoms with Crippen molar-refractivity contribution >= 4 is 6.21 Å². The quantitative estimate of drug-likeness (QED) is 0.736. The third kappa shape index (κ3) is 4.75. The minimum atomic E-state index is 0.0326. The maximum Gasteiger partial charge on any atom is 0.0733 e. The molecule has 0 radical (unpaired) electrons. The van der Waals surface area contributed by atoms with E-state index in [1.807, 2.05) is 36.5 Å². The molecule has 0 aliphatic heterocycles. The largest absolute Gasteiger partial charge is 0.394 e. The monoisotopic (exact) mass is 205 g/mol. The molecule has 0 bridgehead atoms. The van der Waals surface area contributed by atoms with Gasteiger partial charge in [0.1, 0.15) is 0 Å². The molecule has 1 rings (SSSR count). The van der Waals surface area contributed by atoms with Gasteiger partial charge in [-0.2, -0.15) is 0 Å². The Bertz CT molecular complexity index is 293. The summed E-state index contributed by atoms with van der Waals surface area (Å²) in [6, 6.07) is 10.00. The van der Waals surface area contributed by atoms with Crippen molar-refractivity contribution in [1.29, 1.82) is 0 Å². The van der Waals surface area contributed by atoms with Crippen LogP contribution in [-0.4, -0.2) is 24.0 Å². The van der Waals surface area contributed by atoms with Crippen LogP contribution in [0.5, 0.6) is 0 Å². The highest BCUT2D eigenvalue weighted by atomic mass is 16.3. The molecule has 0 unspecified atom stereocenters. The Hall–Kier alpha value is -1.15. The molecule has 1 aromatic carbocycles. The van der Waals surface area contributed by atoms with E-state index in [0.717, 1.165) is 12.0 Å². The smallest absolute Gasteiger partial charge is 0.0733 e. The summed E-state index contributed by atoms with van der Waals surface area (Å²) in [5.74, 6) is 0.565. The van der Waals surface area contributed by atoms with Crippen molar-refractivity contribution < 1.29 is 5.11 Å². The van der Waals surface area contributed by atoms with Crippen molar-refractivity contribution in [2.75, 3.05) is 6.61 Å². The Labute approximate surface area is 91.7 Å². The van der Waals surface area contributed by atoms with Crippen LogP contribution in [0.1, 0.15) is 25.8 Å². The summed E-state index contributed by atoms with van der Waals surface area (Å²) in [4.78, 5) is 4.38. The Morgan fingerprint density at radius 2 is 1.93 bits per heavy atom. The number of aliphatic hydroxyl groups is 1. The molecule has 15 heavy (non-hydrogen) atoms. The molecule has 0 spiro atoms. The van der Waals surface area contributed by atoms with Gasteiger partial charge in [-0.05, 0) is 17.9 Å². The Morgan fingerprint density at radius 3 is 2.47 bits per heavy atom. The molecule has 0 amide bonds. The molecule has 0 saturated carbocycles. The molecule has 1 atom stereocenters. The Morgan fingerprint density at radius 1 is 1.27 bits per heavy atom. The molecule has 82 valence electrons. The van der Waals surface area contributed by atoms with Crippen molar-refractivity contribution in [2.24, 2.45) is 10.9 Å². The minimum Gasteiger partial charge on any atom is -0.394 e. The van der Waals surface area contributed by atoms with Gasteiger partial charge in [0.15, 0.2) is 0 Å². The van der Waals surface area contributed by atoms with E-state index in [1.54, 1.807) is 0 Å². The summed E-state index contributed by atoms with van der Waals surface area (Å²) >= 11 is 0. The van der Waals surface area contributed by atoms with Gasteiger partial charge in [0, 0.05) is 6.21 Å². The van der Waals surface area contributed by atoms with E-state index in [-0.39, 0.29) is 12.6 Å². The van der Waals surface area contributed by atoms with Crippen LogP contribution in [0.2, 0.25) is 0 Å². The van der Waals surface area contributed by atoms with Gasteiger partial charge in [-0.3, -0.25) is 4.99 Å². The summed E-state index contributed by atoms with van der Waals surface area (Å²) in [7, 11) is 0. The van der Waals surface area contributed by atoms with E-state index >= 15 is 0 Å². The van der Waals surface area contributed by atoms with Crippen molar-refractivity contribution in [3.8, 4) is 0 Å². The normalized spacial score (nSPS) is 13.6. The second kappa shape index (κ2) is 6.36. The van der Waals surface area contributed by atoms with E-state index in [9.17, 15) is 0 Å². The van der Waals surface area contributed by atoms with Gasteiger partial charge < -0.3 is 5.11 Å². The number of hydrogen-bond acceptors (Lipinski definition) is 2. The average Bonchev–Trinajstić information content (AvgIpc) is 2.25. The first kappa shape index (κ1) is 11.9. The molecule has 1 aromatic rings. The van der Waals surface area contributed by atoms with Crippen LogP contribution < -0.4 is 0 Å². The van der Waals surface area contributed by atoms with Crippen molar-refractivity contribution in [3.63, 3.8) is 0 Å². The molecule has 1 N–H and O–H groups in total. The molecular formula is C13H19NO. The predicted octanol–water partition coefficient (Wildman–Crippen LogP) is 2.51. The highest BCUT2D eigenvalue weighted by Crippen LogP contribution is 2.07. The van der Waals surface area contributed by atoms with E-state index in [0.29, 0.717) is 5.92 Å². The highest BCUT2D eigenvalue weighted by Gasteiger charge is 2.06. The van der Waals surface area contributed by atoms with Crippen LogP contribution in [0.25, 0.3) is 0 Å². The topological polar surface area (TPSA) is 32.6 Å². The molecule has 0 aliphatic carbocycles. The predicted molar refractivity (Wildman–Crippen MR) is 64.4 cm³/mol. The molecule has 2 nitrogen and oxygen atoms in total. The van der Waals surface area contributed by atoms with Gasteiger partial charge in [-0.15, -0.1) is 0 Å². The zero-order chi connectivity index (χ0) is 11.1. The van der Waals surface area contributed by atoms with Crippen molar-refractivity contribution in [1.82, 2.24) is 0 Å². The van der Waals surface area contributed by atoms with E-state index < -0.39 is 0 Å². The molecule has 0 saturated heterocycles. The maximum absolute atomic E-state index is 9.14. The summed E-state index contributed by atoms with van der Waals surface area (Å²) in [6.45, 7) is 4.41. The number of hydrogen-bond donors (Lipinski definition) is 1. The third-order valence-electron chi connectivity index (χ3n) is 2.19. The second-order valence-electron chi connectivity index (χ2n) is 4.15. The summed E-state index contributed by atoms with van der Waals surface area (Å²) in [5.41, 5.74) is 1.08. The first-order valence-corrected chi connectivity index (χ1v) is 5.41. The number of aliphatic hydroxyl groups excluding tert-OH is 1. The van der Waals surface area contributed by atoms with Crippen LogP contribution in [0, 0.1) is 5.92 Å². The lowest BCUT2D eigenvalue weighted by Gasteiger charge is -2.11. The average molecular weight is 205 g/mol. The van der Waals surface area contributed by atoms with Gasteiger partial charge in [-0.1, -0.05) is 44.2 Å². The fraction of sp³-hybridized carbons (Fsp3) is 0.462. The molecular weight excluding hydrogens is 186 g/mol. The van der Waals surface area contributed by atoms with Crippen LogP contribution in [0.15, 0.2) is 35.3 Å². The lowest BCUT2D eigenvalue weighted by Crippen LogP contribution is -2.13. The van der Waals surface area contributed by atoms with Crippen LogP contribution in [0.4, 0.5) is 0 Å². The van der Waals surface area contributed by atoms with Gasteiger partial charge in [0.2, 0.25) is 0 Å².